The van der Waals surface area contributed by atoms with Crippen LogP contribution in [-0.2, 0) is 22.6 Å². The second-order valence-electron chi connectivity index (χ2n) is 10.7. The lowest BCUT2D eigenvalue weighted by molar-refractivity contribution is -0.136. The lowest BCUT2D eigenvalue weighted by Crippen LogP contribution is -2.19. The van der Waals surface area contributed by atoms with Gasteiger partial charge >= 0.3 is 5.97 Å². The van der Waals surface area contributed by atoms with Gasteiger partial charge in [0.15, 0.2) is 6.23 Å². The molecule has 0 spiro atoms. The molecule has 3 N–H and O–H groups in total. The Bertz CT molecular complexity index is 1940. The van der Waals surface area contributed by atoms with Crippen molar-refractivity contribution in [2.45, 2.75) is 38.5 Å². The van der Waals surface area contributed by atoms with Crippen molar-refractivity contribution in [1.29, 1.82) is 0 Å². The average molecular weight is 575 g/mol. The van der Waals surface area contributed by atoms with E-state index in [1.807, 2.05) is 41.1 Å². The average Bonchev–Trinajstić information content (AvgIpc) is 3.69. The Morgan fingerprint density at radius 2 is 1.91 bits per heavy atom. The Kier molecular flexibility index (Phi) is 7.00. The number of carbonyl (C=O) groups is 1. The summed E-state index contributed by atoms with van der Waals surface area (Å²) in [5, 5.41) is 17.3. The number of carboxylic acid groups (broad SMARTS) is 1. The smallest absolute Gasteiger partial charge is 0.307 e. The Morgan fingerprint density at radius 1 is 1.00 bits per heavy atom. The van der Waals surface area contributed by atoms with Crippen LogP contribution in [0.3, 0.4) is 0 Å². The SMILES string of the molecule is Nc1nccc2c(-c3cc(-c4ccoc4)c4c(c3)c(COc3ccccc3CC(=O)O)nn4C3CCCCO3)cccc12. The zero-order valence-corrected chi connectivity index (χ0v) is 23.4. The van der Waals surface area contributed by atoms with E-state index < -0.39 is 5.97 Å². The summed E-state index contributed by atoms with van der Waals surface area (Å²) in [5.41, 5.74) is 12.4. The lowest BCUT2D eigenvalue weighted by atomic mass is 9.93. The number of pyridine rings is 1. The van der Waals surface area contributed by atoms with E-state index in [2.05, 4.69) is 23.2 Å². The second kappa shape index (κ2) is 11.3. The number of furan rings is 1. The summed E-state index contributed by atoms with van der Waals surface area (Å²) >= 11 is 0. The highest BCUT2D eigenvalue weighted by Gasteiger charge is 2.25. The molecule has 1 aliphatic heterocycles. The van der Waals surface area contributed by atoms with Gasteiger partial charge in [0.1, 0.15) is 23.9 Å². The maximum absolute atomic E-state index is 11.5. The third kappa shape index (κ3) is 5.08. The largest absolute Gasteiger partial charge is 0.487 e. The minimum absolute atomic E-state index is 0.130. The summed E-state index contributed by atoms with van der Waals surface area (Å²) in [5.74, 6) is 0.0807. The molecule has 4 heterocycles. The summed E-state index contributed by atoms with van der Waals surface area (Å²) in [7, 11) is 0. The molecule has 3 aromatic heterocycles. The predicted octanol–water partition coefficient (Wildman–Crippen LogP) is 7.00. The standard InChI is InChI=1S/C34H30N4O5/c35-34-26-8-5-7-24(25(26)11-13-36-34)23-16-27(22-12-15-41-19-22)33-28(17-23)29(37-38(33)31-10-3-4-14-42-31)20-43-30-9-2-1-6-21(30)18-32(39)40/h1-2,5-9,11-13,15-17,19,31H,3-4,10,14,18,20H2,(H2,35,36)(H,39,40). The lowest BCUT2D eigenvalue weighted by Gasteiger charge is -2.24. The first-order valence-corrected chi connectivity index (χ1v) is 14.3. The molecule has 1 aliphatic rings. The highest BCUT2D eigenvalue weighted by molar-refractivity contribution is 6.05. The number of ether oxygens (including phenoxy) is 2. The van der Waals surface area contributed by atoms with E-state index in [1.165, 1.54) is 0 Å². The van der Waals surface area contributed by atoms with Crippen LogP contribution >= 0.6 is 0 Å². The Hall–Kier alpha value is -5.15. The fourth-order valence-electron chi connectivity index (χ4n) is 5.94. The van der Waals surface area contributed by atoms with E-state index in [0.29, 0.717) is 23.7 Å². The van der Waals surface area contributed by atoms with E-state index in [0.717, 1.165) is 68.9 Å². The molecule has 6 aromatic rings. The number of rotatable bonds is 8. The van der Waals surface area contributed by atoms with Crippen LogP contribution in [-0.4, -0.2) is 32.4 Å². The molecule has 3 aromatic carbocycles. The number of aliphatic carboxylic acids is 1. The fourth-order valence-corrected chi connectivity index (χ4v) is 5.94. The molecule has 1 unspecified atom stereocenters. The van der Waals surface area contributed by atoms with Gasteiger partial charge in [-0.3, -0.25) is 4.79 Å². The molecule has 1 fully saturated rings. The summed E-state index contributed by atoms with van der Waals surface area (Å²) in [6, 6.07) is 21.5. The molecule has 7 rings (SSSR count). The molecule has 9 nitrogen and oxygen atoms in total. The highest BCUT2D eigenvalue weighted by atomic mass is 16.5. The molecule has 43 heavy (non-hydrogen) atoms. The zero-order chi connectivity index (χ0) is 29.3. The molecule has 1 atom stereocenters. The van der Waals surface area contributed by atoms with E-state index >= 15 is 0 Å². The number of nitrogens with zero attached hydrogens (tertiary/aromatic N) is 3. The van der Waals surface area contributed by atoms with Gasteiger partial charge in [-0.1, -0.05) is 36.4 Å². The molecule has 0 saturated carbocycles. The number of nitrogens with two attached hydrogens (primary N) is 1. The molecular formula is C34H30N4O5. The Balaban J connectivity index is 1.43. The normalized spacial score (nSPS) is 15.2. The first-order chi connectivity index (χ1) is 21.1. The van der Waals surface area contributed by atoms with Gasteiger partial charge < -0.3 is 24.7 Å². The van der Waals surface area contributed by atoms with Crippen LogP contribution in [0.4, 0.5) is 5.82 Å². The van der Waals surface area contributed by atoms with Crippen molar-refractivity contribution in [3.8, 4) is 28.0 Å². The van der Waals surface area contributed by atoms with Crippen molar-refractivity contribution >= 4 is 33.5 Å². The van der Waals surface area contributed by atoms with E-state index in [9.17, 15) is 9.90 Å². The second-order valence-corrected chi connectivity index (χ2v) is 10.7. The van der Waals surface area contributed by atoms with Crippen molar-refractivity contribution in [3.63, 3.8) is 0 Å². The molecule has 0 amide bonds. The van der Waals surface area contributed by atoms with Crippen molar-refractivity contribution in [1.82, 2.24) is 14.8 Å². The van der Waals surface area contributed by atoms with Gasteiger partial charge in [0.25, 0.3) is 0 Å². The van der Waals surface area contributed by atoms with Gasteiger partial charge in [0.2, 0.25) is 0 Å². The molecule has 0 radical (unpaired) electrons. The number of hydrogen-bond acceptors (Lipinski definition) is 7. The molecule has 9 heteroatoms. The number of para-hydroxylation sites is 1. The van der Waals surface area contributed by atoms with Crippen molar-refractivity contribution < 1.29 is 23.8 Å². The van der Waals surface area contributed by atoms with E-state index in [1.54, 1.807) is 30.9 Å². The first kappa shape index (κ1) is 26.7. The van der Waals surface area contributed by atoms with Gasteiger partial charge in [-0.2, -0.15) is 5.10 Å². The van der Waals surface area contributed by atoms with Crippen molar-refractivity contribution in [2.75, 3.05) is 12.3 Å². The molecule has 1 saturated heterocycles. The fraction of sp³-hybridized carbons (Fsp3) is 0.206. The zero-order valence-electron chi connectivity index (χ0n) is 23.4. The van der Waals surface area contributed by atoms with Gasteiger partial charge in [-0.15, -0.1) is 0 Å². The maximum atomic E-state index is 11.5. The highest BCUT2D eigenvalue weighted by Crippen LogP contribution is 2.40. The van der Waals surface area contributed by atoms with Gasteiger partial charge in [-0.25, -0.2) is 9.67 Å². The van der Waals surface area contributed by atoms with Crippen LogP contribution in [0, 0.1) is 0 Å². The van der Waals surface area contributed by atoms with Crippen LogP contribution in [0.15, 0.2) is 89.9 Å². The monoisotopic (exact) mass is 574 g/mol. The van der Waals surface area contributed by atoms with Crippen LogP contribution in [0.25, 0.3) is 43.9 Å². The van der Waals surface area contributed by atoms with E-state index in [-0.39, 0.29) is 19.3 Å². The summed E-state index contributed by atoms with van der Waals surface area (Å²) in [6.07, 6.45) is 7.69. The summed E-state index contributed by atoms with van der Waals surface area (Å²) in [6.45, 7) is 0.818. The van der Waals surface area contributed by atoms with Crippen molar-refractivity contribution in [2.24, 2.45) is 0 Å². The maximum Gasteiger partial charge on any atom is 0.307 e. The van der Waals surface area contributed by atoms with Gasteiger partial charge in [-0.05, 0) is 66.1 Å². The number of nitrogen functional groups attached to an aromatic ring is 1. The van der Waals surface area contributed by atoms with Gasteiger partial charge in [0.05, 0.1) is 24.5 Å². The Morgan fingerprint density at radius 3 is 2.72 bits per heavy atom. The summed E-state index contributed by atoms with van der Waals surface area (Å²) in [4.78, 5) is 15.8. The molecular weight excluding hydrogens is 544 g/mol. The molecule has 216 valence electrons. The topological polar surface area (TPSA) is 126 Å². The number of aromatic nitrogens is 3. The number of hydrogen-bond donors (Lipinski definition) is 2. The predicted molar refractivity (Wildman–Crippen MR) is 164 cm³/mol. The molecule has 0 aliphatic carbocycles. The Labute approximate surface area is 247 Å². The third-order valence-electron chi connectivity index (χ3n) is 7.97. The number of benzene rings is 3. The van der Waals surface area contributed by atoms with Crippen molar-refractivity contribution in [3.05, 3.63) is 96.7 Å². The quantitative estimate of drug-likeness (QED) is 0.199. The minimum Gasteiger partial charge on any atom is -0.487 e. The van der Waals surface area contributed by atoms with Crippen LogP contribution in [0.1, 0.15) is 36.7 Å². The van der Waals surface area contributed by atoms with Crippen LogP contribution in [0.5, 0.6) is 5.75 Å². The van der Waals surface area contributed by atoms with Crippen LogP contribution in [0.2, 0.25) is 0 Å². The minimum atomic E-state index is -0.916. The first-order valence-electron chi connectivity index (χ1n) is 14.3. The number of fused-ring (bicyclic) bond motifs is 2. The van der Waals surface area contributed by atoms with E-state index in [4.69, 9.17) is 24.7 Å². The summed E-state index contributed by atoms with van der Waals surface area (Å²) < 4.78 is 20.0. The van der Waals surface area contributed by atoms with Crippen LogP contribution < -0.4 is 10.5 Å². The van der Waals surface area contributed by atoms with Gasteiger partial charge in [0, 0.05) is 40.3 Å². The number of anilines is 1. The molecule has 0 bridgehead atoms. The third-order valence-corrected chi connectivity index (χ3v) is 7.97. The number of carboxylic acids is 1.